The Kier molecular flexibility index (Phi) is 5.13. The molecule has 4 N–H and O–H groups in total. The molecule has 0 saturated carbocycles. The van der Waals surface area contributed by atoms with Crippen LogP contribution in [0.5, 0.6) is 5.75 Å². The van der Waals surface area contributed by atoms with Gasteiger partial charge in [0.05, 0.1) is 18.0 Å². The number of nitrogens with zero attached hydrogens (tertiary/aromatic N) is 1. The monoisotopic (exact) mass is 287 g/mol. The minimum absolute atomic E-state index is 0.0810. The average molecular weight is 287 g/mol. The Morgan fingerprint density at radius 1 is 1.47 bits per heavy atom. The van der Waals surface area contributed by atoms with Crippen LogP contribution < -0.4 is 15.2 Å². The highest BCUT2D eigenvalue weighted by molar-refractivity contribution is 7.89. The van der Waals surface area contributed by atoms with Crippen LogP contribution in [0.4, 0.5) is 0 Å². The number of rotatable bonds is 6. The van der Waals surface area contributed by atoms with Gasteiger partial charge in [0.15, 0.2) is 5.84 Å². The molecule has 0 aliphatic rings. The Balaban J connectivity index is 2.96. The van der Waals surface area contributed by atoms with Gasteiger partial charge in [-0.05, 0) is 30.7 Å². The van der Waals surface area contributed by atoms with E-state index in [1.807, 2.05) is 0 Å². The number of ether oxygens (including phenoxy) is 1. The van der Waals surface area contributed by atoms with Crippen molar-refractivity contribution in [3.63, 3.8) is 0 Å². The molecule has 7 nitrogen and oxygen atoms in total. The Morgan fingerprint density at radius 2 is 2.05 bits per heavy atom. The highest BCUT2D eigenvalue weighted by Gasteiger charge is 2.21. The summed E-state index contributed by atoms with van der Waals surface area (Å²) in [4.78, 5) is 0.0810. The number of hydrogen-bond donors (Lipinski definition) is 3. The summed E-state index contributed by atoms with van der Waals surface area (Å²) in [5, 5.41) is 11.4. The molecule has 0 aliphatic heterocycles. The first kappa shape index (κ1) is 15.3. The Bertz CT molecular complexity index is 540. The van der Waals surface area contributed by atoms with Crippen LogP contribution in [-0.2, 0) is 10.0 Å². The van der Waals surface area contributed by atoms with Gasteiger partial charge in [-0.15, -0.1) is 0 Å². The molecule has 0 aromatic heterocycles. The predicted molar refractivity (Wildman–Crippen MR) is 70.8 cm³/mol. The maximum atomic E-state index is 12.1. The normalized spacial score (nSPS) is 14.1. The lowest BCUT2D eigenvalue weighted by Crippen LogP contribution is -2.44. The van der Waals surface area contributed by atoms with Gasteiger partial charge in [-0.25, -0.2) is 13.1 Å². The van der Waals surface area contributed by atoms with Crippen molar-refractivity contribution < 1.29 is 18.4 Å². The van der Waals surface area contributed by atoms with E-state index >= 15 is 0 Å². The van der Waals surface area contributed by atoms with Crippen molar-refractivity contribution in [2.75, 3.05) is 7.11 Å². The van der Waals surface area contributed by atoms with E-state index in [0.717, 1.165) is 0 Å². The Hall–Kier alpha value is -1.80. The largest absolute Gasteiger partial charge is 0.497 e. The van der Waals surface area contributed by atoms with Gasteiger partial charge < -0.3 is 15.7 Å². The molecule has 0 aliphatic carbocycles. The van der Waals surface area contributed by atoms with Crippen LogP contribution in [-0.4, -0.2) is 32.6 Å². The van der Waals surface area contributed by atoms with Gasteiger partial charge in [0, 0.05) is 0 Å². The fourth-order valence-corrected chi connectivity index (χ4v) is 2.73. The molecule has 0 fully saturated rings. The zero-order valence-electron chi connectivity index (χ0n) is 10.7. The first-order chi connectivity index (χ1) is 8.94. The van der Waals surface area contributed by atoms with E-state index in [1.54, 1.807) is 19.1 Å². The van der Waals surface area contributed by atoms with Crippen molar-refractivity contribution in [3.05, 3.63) is 24.3 Å². The summed E-state index contributed by atoms with van der Waals surface area (Å²) < 4.78 is 31.5. The number of benzene rings is 1. The lowest BCUT2D eigenvalue weighted by atomic mass is 10.2. The van der Waals surface area contributed by atoms with Gasteiger partial charge in [0.1, 0.15) is 5.75 Å². The molecule has 0 radical (unpaired) electrons. The number of nitrogens with two attached hydrogens (primary N) is 1. The SMILES string of the molecule is CCC(NS(=O)(=O)c1ccc(OC)cc1)/C(N)=N/O. The van der Waals surface area contributed by atoms with Crippen molar-refractivity contribution in [1.29, 1.82) is 0 Å². The van der Waals surface area contributed by atoms with Gasteiger partial charge in [0.25, 0.3) is 0 Å². The number of sulfonamides is 1. The minimum atomic E-state index is -3.73. The van der Waals surface area contributed by atoms with E-state index in [4.69, 9.17) is 15.7 Å². The second-order valence-electron chi connectivity index (χ2n) is 3.78. The number of amidine groups is 1. The summed E-state index contributed by atoms with van der Waals surface area (Å²) in [5.41, 5.74) is 5.41. The molecule has 1 atom stereocenters. The van der Waals surface area contributed by atoms with E-state index in [-0.39, 0.29) is 10.7 Å². The summed E-state index contributed by atoms with van der Waals surface area (Å²) in [5.74, 6) is 0.377. The summed E-state index contributed by atoms with van der Waals surface area (Å²) in [6.07, 6.45) is 0.366. The van der Waals surface area contributed by atoms with E-state index in [0.29, 0.717) is 12.2 Å². The average Bonchev–Trinajstić information content (AvgIpc) is 2.44. The van der Waals surface area contributed by atoms with Gasteiger partial charge in [-0.2, -0.15) is 0 Å². The van der Waals surface area contributed by atoms with E-state index in [9.17, 15) is 8.42 Å². The Labute approximate surface area is 112 Å². The lowest BCUT2D eigenvalue weighted by Gasteiger charge is -2.15. The van der Waals surface area contributed by atoms with Crippen LogP contribution in [0.15, 0.2) is 34.3 Å². The fourth-order valence-electron chi connectivity index (χ4n) is 1.43. The summed E-state index contributed by atoms with van der Waals surface area (Å²) in [7, 11) is -2.24. The number of methoxy groups -OCH3 is 1. The summed E-state index contributed by atoms with van der Waals surface area (Å²) in [6, 6.07) is 5.16. The maximum Gasteiger partial charge on any atom is 0.241 e. The molecule has 8 heteroatoms. The molecule has 0 heterocycles. The molecular weight excluding hydrogens is 270 g/mol. The van der Waals surface area contributed by atoms with E-state index < -0.39 is 16.1 Å². The van der Waals surface area contributed by atoms with Crippen molar-refractivity contribution >= 4 is 15.9 Å². The standard InChI is InChI=1S/C11H17N3O4S/c1-3-10(11(12)13-15)14-19(16,17)9-6-4-8(18-2)5-7-9/h4-7,10,14-15H,3H2,1-2H3,(H2,12,13). The molecule has 1 aromatic rings. The molecule has 1 rings (SSSR count). The highest BCUT2D eigenvalue weighted by atomic mass is 32.2. The maximum absolute atomic E-state index is 12.1. The van der Waals surface area contributed by atoms with Crippen LogP contribution in [0.3, 0.4) is 0 Å². The third kappa shape index (κ3) is 3.83. The number of nitrogens with one attached hydrogen (secondary N) is 1. The quantitative estimate of drug-likeness (QED) is 0.305. The smallest absolute Gasteiger partial charge is 0.241 e. The molecule has 0 amide bonds. The van der Waals surface area contributed by atoms with Gasteiger partial charge in [-0.3, -0.25) is 0 Å². The summed E-state index contributed by atoms with van der Waals surface area (Å²) in [6.45, 7) is 1.72. The van der Waals surface area contributed by atoms with E-state index in [2.05, 4.69) is 9.88 Å². The van der Waals surface area contributed by atoms with Gasteiger partial charge in [0.2, 0.25) is 10.0 Å². The van der Waals surface area contributed by atoms with Crippen LogP contribution in [0.2, 0.25) is 0 Å². The van der Waals surface area contributed by atoms with Crippen LogP contribution in [0.25, 0.3) is 0 Å². The topological polar surface area (TPSA) is 114 Å². The number of hydrogen-bond acceptors (Lipinski definition) is 5. The van der Waals surface area contributed by atoms with Gasteiger partial charge in [-0.1, -0.05) is 12.1 Å². The molecule has 1 unspecified atom stereocenters. The first-order valence-electron chi connectivity index (χ1n) is 5.58. The molecule has 0 bridgehead atoms. The number of oxime groups is 1. The van der Waals surface area contributed by atoms with Gasteiger partial charge >= 0.3 is 0 Å². The zero-order chi connectivity index (χ0) is 14.5. The van der Waals surface area contributed by atoms with Crippen molar-refractivity contribution in [2.45, 2.75) is 24.3 Å². The molecule has 19 heavy (non-hydrogen) atoms. The van der Waals surface area contributed by atoms with Crippen LogP contribution >= 0.6 is 0 Å². The Morgan fingerprint density at radius 3 is 2.47 bits per heavy atom. The fraction of sp³-hybridized carbons (Fsp3) is 0.364. The van der Waals surface area contributed by atoms with Crippen LogP contribution in [0.1, 0.15) is 13.3 Å². The zero-order valence-corrected chi connectivity index (χ0v) is 11.5. The van der Waals surface area contributed by atoms with Crippen molar-refractivity contribution in [2.24, 2.45) is 10.9 Å². The summed E-state index contributed by atoms with van der Waals surface area (Å²) >= 11 is 0. The molecule has 0 spiro atoms. The third-order valence-corrected chi connectivity index (χ3v) is 4.04. The molecule has 0 saturated heterocycles. The second kappa shape index (κ2) is 6.39. The highest BCUT2D eigenvalue weighted by Crippen LogP contribution is 2.15. The van der Waals surface area contributed by atoms with Crippen molar-refractivity contribution in [1.82, 2.24) is 4.72 Å². The third-order valence-electron chi connectivity index (χ3n) is 2.55. The van der Waals surface area contributed by atoms with Crippen LogP contribution in [0, 0.1) is 0 Å². The first-order valence-corrected chi connectivity index (χ1v) is 7.06. The molecule has 106 valence electrons. The van der Waals surface area contributed by atoms with Crippen molar-refractivity contribution in [3.8, 4) is 5.75 Å². The molecule has 1 aromatic carbocycles. The lowest BCUT2D eigenvalue weighted by molar-refractivity contribution is 0.315. The predicted octanol–water partition coefficient (Wildman–Crippen LogP) is 0.498. The second-order valence-corrected chi connectivity index (χ2v) is 5.50. The van der Waals surface area contributed by atoms with E-state index in [1.165, 1.54) is 19.2 Å². The molecular formula is C11H17N3O4S. The minimum Gasteiger partial charge on any atom is -0.497 e.